The third-order valence-electron chi connectivity index (χ3n) is 4.33. The van der Waals surface area contributed by atoms with Gasteiger partial charge in [0.05, 0.1) is 21.3 Å². The van der Waals surface area contributed by atoms with E-state index < -0.39 is 11.9 Å². The summed E-state index contributed by atoms with van der Waals surface area (Å²) in [5.41, 5.74) is 0.948. The fraction of sp³-hybridized carbons (Fsp3) is 0.500. The van der Waals surface area contributed by atoms with Crippen LogP contribution < -0.4 is 9.47 Å². The topological polar surface area (TPSA) is 82.1 Å². The number of carbonyl (C=O) groups excluding carboxylic acids is 3. The molecule has 0 spiro atoms. The highest BCUT2D eigenvalue weighted by atomic mass is 16.5. The van der Waals surface area contributed by atoms with Crippen molar-refractivity contribution in [3.05, 3.63) is 23.8 Å². The minimum absolute atomic E-state index is 0.0869. The van der Waals surface area contributed by atoms with E-state index in [4.69, 9.17) is 9.47 Å². The average Bonchev–Trinajstić information content (AvgIpc) is 2.65. The second-order valence-corrected chi connectivity index (χ2v) is 5.82. The molecule has 0 aromatic heterocycles. The van der Waals surface area contributed by atoms with Crippen LogP contribution in [0.5, 0.6) is 11.5 Å². The zero-order chi connectivity index (χ0) is 18.4. The predicted octanol–water partition coefficient (Wildman–Crippen LogP) is 1.23. The Labute approximate surface area is 146 Å². The number of carbonyl (C=O) groups is 3. The molecule has 0 aliphatic carbocycles. The molecule has 2 rings (SSSR count). The largest absolute Gasteiger partial charge is 0.493 e. The van der Waals surface area contributed by atoms with Gasteiger partial charge in [-0.3, -0.25) is 14.4 Å². The summed E-state index contributed by atoms with van der Waals surface area (Å²) in [6.45, 7) is 0.438. The lowest BCUT2D eigenvalue weighted by atomic mass is 9.96. The van der Waals surface area contributed by atoms with Gasteiger partial charge in [0.2, 0.25) is 5.91 Å². The summed E-state index contributed by atoms with van der Waals surface area (Å²) in [4.78, 5) is 37.4. The van der Waals surface area contributed by atoms with Gasteiger partial charge >= 0.3 is 5.97 Å². The van der Waals surface area contributed by atoms with Crippen LogP contribution in [0.25, 0.3) is 0 Å². The van der Waals surface area contributed by atoms with Crippen LogP contribution in [-0.2, 0) is 25.5 Å². The second kappa shape index (κ2) is 8.50. The van der Waals surface area contributed by atoms with Crippen LogP contribution in [0.3, 0.4) is 0 Å². The zero-order valence-corrected chi connectivity index (χ0v) is 14.7. The molecule has 1 saturated heterocycles. The molecule has 1 heterocycles. The molecule has 1 aromatic carbocycles. The molecular formula is C18H23NO6. The maximum absolute atomic E-state index is 12.4. The van der Waals surface area contributed by atoms with Crippen molar-refractivity contribution in [1.82, 2.24) is 4.90 Å². The van der Waals surface area contributed by atoms with E-state index >= 15 is 0 Å². The molecule has 1 aliphatic rings. The fourth-order valence-electron chi connectivity index (χ4n) is 2.85. The van der Waals surface area contributed by atoms with E-state index in [0.29, 0.717) is 24.5 Å². The molecule has 1 atom stereocenters. The number of ether oxygens (including phenoxy) is 3. The van der Waals surface area contributed by atoms with E-state index in [2.05, 4.69) is 4.74 Å². The molecule has 0 N–H and O–H groups in total. The van der Waals surface area contributed by atoms with E-state index in [0.717, 1.165) is 5.56 Å². The van der Waals surface area contributed by atoms with Gasteiger partial charge in [-0.2, -0.15) is 0 Å². The monoisotopic (exact) mass is 349 g/mol. The van der Waals surface area contributed by atoms with Crippen LogP contribution in [0.15, 0.2) is 18.2 Å². The van der Waals surface area contributed by atoms with Crippen molar-refractivity contribution in [3.63, 3.8) is 0 Å². The Hall–Kier alpha value is -2.57. The zero-order valence-electron chi connectivity index (χ0n) is 14.7. The van der Waals surface area contributed by atoms with Crippen LogP contribution in [-0.4, -0.2) is 57.0 Å². The molecule has 0 radical (unpaired) electrons. The third-order valence-corrected chi connectivity index (χ3v) is 4.33. The highest BCUT2D eigenvalue weighted by Gasteiger charge is 2.35. The number of amides is 1. The summed E-state index contributed by atoms with van der Waals surface area (Å²) in [7, 11) is 4.37. The Morgan fingerprint density at radius 3 is 2.52 bits per heavy atom. The minimum atomic E-state index is -0.871. The highest BCUT2D eigenvalue weighted by Crippen LogP contribution is 2.28. The van der Waals surface area contributed by atoms with E-state index in [-0.39, 0.29) is 31.1 Å². The Balaban J connectivity index is 1.96. The quantitative estimate of drug-likeness (QED) is 0.567. The van der Waals surface area contributed by atoms with Crippen molar-refractivity contribution in [1.29, 1.82) is 0 Å². The van der Waals surface area contributed by atoms with Crippen molar-refractivity contribution >= 4 is 17.7 Å². The van der Waals surface area contributed by atoms with Gasteiger partial charge in [0.15, 0.2) is 17.3 Å². The Morgan fingerprint density at radius 1 is 1.16 bits per heavy atom. The summed E-state index contributed by atoms with van der Waals surface area (Å²) in [5.74, 6) is -0.465. The van der Waals surface area contributed by atoms with E-state index in [9.17, 15) is 14.4 Å². The smallest absolute Gasteiger partial charge is 0.318 e. The first kappa shape index (κ1) is 18.8. The van der Waals surface area contributed by atoms with Crippen molar-refractivity contribution in [2.24, 2.45) is 5.92 Å². The lowest BCUT2D eigenvalue weighted by Gasteiger charge is -2.30. The Morgan fingerprint density at radius 2 is 1.88 bits per heavy atom. The SMILES string of the molecule is COC(=O)C1CN(C(=O)CCc2ccc(OC)c(OC)c2)CCC1=O. The van der Waals surface area contributed by atoms with Gasteiger partial charge in [-0.05, 0) is 24.1 Å². The van der Waals surface area contributed by atoms with Crippen molar-refractivity contribution < 1.29 is 28.6 Å². The number of benzene rings is 1. The number of Topliss-reactive ketones (excluding diaryl/α,β-unsaturated/α-hetero) is 1. The molecule has 1 unspecified atom stereocenters. The van der Waals surface area contributed by atoms with Gasteiger partial charge in [-0.1, -0.05) is 6.07 Å². The molecule has 7 heteroatoms. The van der Waals surface area contributed by atoms with Gasteiger partial charge in [-0.25, -0.2) is 0 Å². The summed E-state index contributed by atoms with van der Waals surface area (Å²) < 4.78 is 15.1. The van der Waals surface area contributed by atoms with E-state index in [1.165, 1.54) is 7.11 Å². The maximum Gasteiger partial charge on any atom is 0.318 e. The molecule has 25 heavy (non-hydrogen) atoms. The van der Waals surface area contributed by atoms with Gasteiger partial charge < -0.3 is 19.1 Å². The summed E-state index contributed by atoms with van der Waals surface area (Å²) >= 11 is 0. The van der Waals surface area contributed by atoms with Gasteiger partial charge in [-0.15, -0.1) is 0 Å². The molecule has 1 amide bonds. The van der Waals surface area contributed by atoms with Crippen LogP contribution in [0.4, 0.5) is 0 Å². The van der Waals surface area contributed by atoms with Crippen LogP contribution in [0.1, 0.15) is 18.4 Å². The number of aryl methyl sites for hydroxylation is 1. The number of rotatable bonds is 6. The normalized spacial score (nSPS) is 17.2. The summed E-state index contributed by atoms with van der Waals surface area (Å²) in [5, 5.41) is 0. The minimum Gasteiger partial charge on any atom is -0.493 e. The first-order valence-electron chi connectivity index (χ1n) is 8.09. The standard InChI is InChI=1S/C18H23NO6/c1-23-15-6-4-12(10-16(15)24-2)5-7-17(21)19-9-8-14(20)13(11-19)18(22)25-3/h4,6,10,13H,5,7-9,11H2,1-3H3. The molecule has 1 aromatic rings. The Kier molecular flexibility index (Phi) is 6.38. The number of hydrogen-bond donors (Lipinski definition) is 0. The first-order valence-corrected chi connectivity index (χ1v) is 8.09. The summed E-state index contributed by atoms with van der Waals surface area (Å²) in [6, 6.07) is 5.51. The van der Waals surface area contributed by atoms with Gasteiger partial charge in [0.25, 0.3) is 0 Å². The summed E-state index contributed by atoms with van der Waals surface area (Å²) in [6.07, 6.45) is 1.01. The van der Waals surface area contributed by atoms with Crippen molar-refractivity contribution in [2.45, 2.75) is 19.3 Å². The van der Waals surface area contributed by atoms with E-state index in [1.54, 1.807) is 25.2 Å². The number of ketones is 1. The second-order valence-electron chi connectivity index (χ2n) is 5.82. The molecule has 136 valence electrons. The molecular weight excluding hydrogens is 326 g/mol. The van der Waals surface area contributed by atoms with Crippen LogP contribution >= 0.6 is 0 Å². The van der Waals surface area contributed by atoms with Crippen LogP contribution in [0.2, 0.25) is 0 Å². The Bertz CT molecular complexity index is 649. The number of piperidine rings is 1. The third kappa shape index (κ3) is 4.49. The lowest BCUT2D eigenvalue weighted by Crippen LogP contribution is -2.47. The number of esters is 1. The maximum atomic E-state index is 12.4. The molecule has 0 bridgehead atoms. The average molecular weight is 349 g/mol. The fourth-order valence-corrected chi connectivity index (χ4v) is 2.85. The molecule has 1 aliphatic heterocycles. The molecule has 7 nitrogen and oxygen atoms in total. The predicted molar refractivity (Wildman–Crippen MR) is 89.6 cm³/mol. The van der Waals surface area contributed by atoms with Crippen molar-refractivity contribution in [2.75, 3.05) is 34.4 Å². The molecule has 0 saturated carbocycles. The number of methoxy groups -OCH3 is 3. The first-order chi connectivity index (χ1) is 12.0. The lowest BCUT2D eigenvalue weighted by molar-refractivity contribution is -0.153. The highest BCUT2D eigenvalue weighted by molar-refractivity contribution is 6.00. The van der Waals surface area contributed by atoms with Gasteiger partial charge in [0.1, 0.15) is 5.92 Å². The van der Waals surface area contributed by atoms with E-state index in [1.807, 2.05) is 12.1 Å². The number of likely N-dealkylation sites (tertiary alicyclic amines) is 1. The molecule has 1 fully saturated rings. The van der Waals surface area contributed by atoms with Gasteiger partial charge in [0, 0.05) is 25.9 Å². The van der Waals surface area contributed by atoms with Crippen LogP contribution in [0, 0.1) is 5.92 Å². The number of nitrogens with zero attached hydrogens (tertiary/aromatic N) is 1. The number of hydrogen-bond acceptors (Lipinski definition) is 6. The van der Waals surface area contributed by atoms with Crippen molar-refractivity contribution in [3.8, 4) is 11.5 Å².